The van der Waals surface area contributed by atoms with E-state index in [1.54, 1.807) is 24.3 Å². The first-order valence-corrected chi connectivity index (χ1v) is 9.05. The smallest absolute Gasteiger partial charge is 0.334 e. The lowest BCUT2D eigenvalue weighted by Gasteiger charge is -2.10. The maximum Gasteiger partial charge on any atom is 0.334 e. The summed E-state index contributed by atoms with van der Waals surface area (Å²) in [6, 6.07) is 14.4. The summed E-state index contributed by atoms with van der Waals surface area (Å²) >= 11 is 0. The van der Waals surface area contributed by atoms with Crippen molar-refractivity contribution in [3.05, 3.63) is 77.4 Å². The first-order valence-electron chi connectivity index (χ1n) is 9.05. The van der Waals surface area contributed by atoms with Crippen molar-refractivity contribution in [2.75, 3.05) is 6.61 Å². The van der Waals surface area contributed by atoms with Crippen LogP contribution >= 0.6 is 0 Å². The molecule has 0 aliphatic carbocycles. The van der Waals surface area contributed by atoms with Crippen LogP contribution in [-0.4, -0.2) is 24.4 Å². The first kappa shape index (κ1) is 19.4. The van der Waals surface area contributed by atoms with Crippen LogP contribution in [0.3, 0.4) is 0 Å². The number of fused-ring (bicyclic) bond motifs is 1. The number of esters is 1. The highest BCUT2D eigenvalue weighted by Crippen LogP contribution is 2.32. The normalized spacial score (nSPS) is 17.4. The van der Waals surface area contributed by atoms with E-state index >= 15 is 0 Å². The fraction of sp³-hybridized carbons (Fsp3) is 0.227. The Kier molecular flexibility index (Phi) is 5.89. The molecule has 0 bridgehead atoms. The van der Waals surface area contributed by atoms with Gasteiger partial charge in [0.15, 0.2) is 0 Å². The van der Waals surface area contributed by atoms with Crippen LogP contribution in [0.2, 0.25) is 0 Å². The Morgan fingerprint density at radius 1 is 1.04 bits per heavy atom. The van der Waals surface area contributed by atoms with Crippen LogP contribution in [0.25, 0.3) is 0 Å². The fourth-order valence-corrected chi connectivity index (χ4v) is 2.86. The van der Waals surface area contributed by atoms with Crippen LogP contribution in [0.1, 0.15) is 52.1 Å². The molecule has 0 aromatic heterocycles. The van der Waals surface area contributed by atoms with Crippen molar-refractivity contribution in [3.63, 3.8) is 0 Å². The van der Waals surface area contributed by atoms with Crippen molar-refractivity contribution in [1.82, 2.24) is 5.32 Å². The molecule has 1 fully saturated rings. The van der Waals surface area contributed by atoms with E-state index in [9.17, 15) is 14.4 Å². The molecule has 4 rings (SSSR count). The van der Waals surface area contributed by atoms with E-state index in [1.807, 2.05) is 24.3 Å². The summed E-state index contributed by atoms with van der Waals surface area (Å²) < 4.78 is 10.7. The number of rotatable bonds is 4. The standard InChI is InChI=1S/C14H16O3.C8H5NO2/c1-3-8-16-12-6-4-11(5-7-12)13-9-10(2)14(15)17-13;10-7-5-3-1-2-4-6(5)8(11)9-7/h4-7,13H,2-3,8-9H2,1H3;1-4H,(H,9,10,11). The second kappa shape index (κ2) is 8.52. The SMILES string of the molecule is C=C1CC(c2ccc(OCCC)cc2)OC1=O.O=C1NC(=O)c2ccccc21. The summed E-state index contributed by atoms with van der Waals surface area (Å²) in [5.41, 5.74) is 2.47. The zero-order valence-electron chi connectivity index (χ0n) is 15.6. The van der Waals surface area contributed by atoms with Crippen LogP contribution < -0.4 is 10.1 Å². The van der Waals surface area contributed by atoms with E-state index in [0.717, 1.165) is 17.7 Å². The van der Waals surface area contributed by atoms with Crippen LogP contribution in [0.4, 0.5) is 0 Å². The molecule has 1 atom stereocenters. The van der Waals surface area contributed by atoms with E-state index in [0.29, 0.717) is 29.7 Å². The number of benzene rings is 2. The van der Waals surface area contributed by atoms with Gasteiger partial charge < -0.3 is 9.47 Å². The molecule has 144 valence electrons. The Labute approximate surface area is 163 Å². The van der Waals surface area contributed by atoms with Gasteiger partial charge in [-0.2, -0.15) is 0 Å². The molecule has 2 heterocycles. The van der Waals surface area contributed by atoms with Gasteiger partial charge in [-0.1, -0.05) is 37.8 Å². The second-order valence-corrected chi connectivity index (χ2v) is 6.45. The lowest BCUT2D eigenvalue weighted by atomic mass is 10.1. The van der Waals surface area contributed by atoms with Gasteiger partial charge in [0.05, 0.1) is 17.7 Å². The summed E-state index contributed by atoms with van der Waals surface area (Å²) in [5.74, 6) is -0.0451. The summed E-state index contributed by atoms with van der Waals surface area (Å²) in [6.45, 7) is 6.45. The molecule has 2 aliphatic heterocycles. The van der Waals surface area contributed by atoms with Crippen LogP contribution in [0.15, 0.2) is 60.7 Å². The number of imide groups is 1. The Balaban J connectivity index is 0.000000176. The van der Waals surface area contributed by atoms with Gasteiger partial charge in [0.1, 0.15) is 11.9 Å². The van der Waals surface area contributed by atoms with E-state index in [1.165, 1.54) is 0 Å². The van der Waals surface area contributed by atoms with Gasteiger partial charge in [0, 0.05) is 12.0 Å². The topological polar surface area (TPSA) is 81.7 Å². The highest BCUT2D eigenvalue weighted by Gasteiger charge is 2.28. The monoisotopic (exact) mass is 379 g/mol. The number of amides is 2. The summed E-state index contributed by atoms with van der Waals surface area (Å²) in [5, 5.41) is 2.20. The minimum Gasteiger partial charge on any atom is -0.494 e. The number of carbonyl (C=O) groups is 3. The molecular formula is C22H21NO5. The van der Waals surface area contributed by atoms with Crippen LogP contribution in [0.5, 0.6) is 5.75 Å². The van der Waals surface area contributed by atoms with Gasteiger partial charge in [0.2, 0.25) is 0 Å². The molecule has 0 spiro atoms. The molecule has 1 N–H and O–H groups in total. The van der Waals surface area contributed by atoms with Gasteiger partial charge in [-0.3, -0.25) is 14.9 Å². The van der Waals surface area contributed by atoms with E-state index in [2.05, 4.69) is 18.8 Å². The Hall–Kier alpha value is -3.41. The molecule has 2 aliphatic rings. The Morgan fingerprint density at radius 3 is 2.14 bits per heavy atom. The quantitative estimate of drug-likeness (QED) is 0.499. The van der Waals surface area contributed by atoms with Crippen molar-refractivity contribution in [3.8, 4) is 5.75 Å². The average molecular weight is 379 g/mol. The Morgan fingerprint density at radius 2 is 1.64 bits per heavy atom. The lowest BCUT2D eigenvalue weighted by molar-refractivity contribution is -0.139. The van der Waals surface area contributed by atoms with Crippen molar-refractivity contribution < 1.29 is 23.9 Å². The molecule has 2 aromatic rings. The van der Waals surface area contributed by atoms with Crippen molar-refractivity contribution in [1.29, 1.82) is 0 Å². The molecule has 2 amide bonds. The minimum absolute atomic E-state index is 0.185. The molecule has 2 aromatic carbocycles. The summed E-state index contributed by atoms with van der Waals surface area (Å²) in [4.78, 5) is 33.1. The second-order valence-electron chi connectivity index (χ2n) is 6.45. The molecule has 1 unspecified atom stereocenters. The lowest BCUT2D eigenvalue weighted by Crippen LogP contribution is -2.19. The first-order chi connectivity index (χ1) is 13.5. The molecule has 6 nitrogen and oxygen atoms in total. The van der Waals surface area contributed by atoms with Crippen molar-refractivity contribution in [2.24, 2.45) is 0 Å². The third-order valence-electron chi connectivity index (χ3n) is 4.34. The number of hydrogen-bond donors (Lipinski definition) is 1. The van der Waals surface area contributed by atoms with E-state index in [-0.39, 0.29) is 23.9 Å². The maximum absolute atomic E-state index is 11.2. The molecule has 1 saturated heterocycles. The molecule has 0 radical (unpaired) electrons. The number of carbonyl (C=O) groups excluding carboxylic acids is 3. The number of ether oxygens (including phenoxy) is 2. The molecule has 0 saturated carbocycles. The molecular weight excluding hydrogens is 358 g/mol. The van der Waals surface area contributed by atoms with Crippen molar-refractivity contribution in [2.45, 2.75) is 25.9 Å². The molecule has 28 heavy (non-hydrogen) atoms. The predicted octanol–water partition coefficient (Wildman–Crippen LogP) is 3.59. The van der Waals surface area contributed by atoms with E-state index in [4.69, 9.17) is 9.47 Å². The maximum atomic E-state index is 11.2. The van der Waals surface area contributed by atoms with E-state index < -0.39 is 0 Å². The molecule has 6 heteroatoms. The van der Waals surface area contributed by atoms with Crippen molar-refractivity contribution >= 4 is 17.8 Å². The van der Waals surface area contributed by atoms with Gasteiger partial charge >= 0.3 is 5.97 Å². The zero-order chi connectivity index (χ0) is 20.1. The Bertz CT molecular complexity index is 868. The summed E-state index contributed by atoms with van der Waals surface area (Å²) in [6.07, 6.45) is 1.38. The third kappa shape index (κ3) is 4.28. The fourth-order valence-electron chi connectivity index (χ4n) is 2.86. The summed E-state index contributed by atoms with van der Waals surface area (Å²) in [7, 11) is 0. The number of nitrogens with one attached hydrogen (secondary N) is 1. The predicted molar refractivity (Wildman–Crippen MR) is 103 cm³/mol. The highest BCUT2D eigenvalue weighted by atomic mass is 16.5. The van der Waals surface area contributed by atoms with Crippen LogP contribution in [-0.2, 0) is 9.53 Å². The zero-order valence-corrected chi connectivity index (χ0v) is 15.6. The highest BCUT2D eigenvalue weighted by molar-refractivity contribution is 6.21. The minimum atomic E-state index is -0.300. The van der Waals surface area contributed by atoms with Gasteiger partial charge in [-0.15, -0.1) is 0 Å². The van der Waals surface area contributed by atoms with Gasteiger partial charge in [-0.25, -0.2) is 4.79 Å². The van der Waals surface area contributed by atoms with Crippen LogP contribution in [0, 0.1) is 0 Å². The average Bonchev–Trinajstić information content (AvgIpc) is 3.20. The largest absolute Gasteiger partial charge is 0.494 e. The number of hydrogen-bond acceptors (Lipinski definition) is 5. The van der Waals surface area contributed by atoms with Gasteiger partial charge in [-0.05, 0) is 36.2 Å². The third-order valence-corrected chi connectivity index (χ3v) is 4.34. The number of cyclic esters (lactones) is 1. The van der Waals surface area contributed by atoms with Gasteiger partial charge in [0.25, 0.3) is 11.8 Å².